The van der Waals surface area contributed by atoms with Gasteiger partial charge in [0.25, 0.3) is 0 Å². The summed E-state index contributed by atoms with van der Waals surface area (Å²) in [6.45, 7) is 8.06. The Morgan fingerprint density at radius 1 is 0.568 bits per heavy atom. The summed E-state index contributed by atoms with van der Waals surface area (Å²) in [5.41, 5.74) is 12.1. The number of fused-ring (bicyclic) bond motifs is 7. The zero-order chi connectivity index (χ0) is 30.7. The van der Waals surface area contributed by atoms with E-state index in [-0.39, 0.29) is 5.92 Å². The first-order valence-electron chi connectivity index (χ1n) is 15.0. The maximum atomic E-state index is 6.01. The van der Waals surface area contributed by atoms with E-state index in [0.717, 1.165) is 57.9 Å². The number of rotatable bonds is 5. The maximum Gasteiger partial charge on any atom is 0.132 e. The Morgan fingerprint density at radius 3 is 1.43 bits per heavy atom. The lowest BCUT2D eigenvalue weighted by molar-refractivity contribution is 0.397. The highest BCUT2D eigenvalue weighted by molar-refractivity contribution is 5.95. The van der Waals surface area contributed by atoms with Gasteiger partial charge >= 0.3 is 0 Å². The number of ether oxygens (including phenoxy) is 4. The Balaban J connectivity index is 1.70. The highest BCUT2D eigenvalue weighted by Gasteiger charge is 2.34. The molecule has 0 bridgehead atoms. The molecule has 0 amide bonds. The van der Waals surface area contributed by atoms with Gasteiger partial charge in [-0.1, -0.05) is 54.1 Å². The van der Waals surface area contributed by atoms with Gasteiger partial charge in [0, 0.05) is 59.5 Å². The van der Waals surface area contributed by atoms with Crippen LogP contribution in [-0.4, -0.2) is 37.6 Å². The molecule has 0 radical (unpaired) electrons. The highest BCUT2D eigenvalue weighted by atomic mass is 16.5. The van der Waals surface area contributed by atoms with Crippen molar-refractivity contribution >= 4 is 21.8 Å². The van der Waals surface area contributed by atoms with Crippen LogP contribution in [0.4, 0.5) is 0 Å². The number of benzene rings is 4. The van der Waals surface area contributed by atoms with Crippen LogP contribution in [0, 0.1) is 20.8 Å². The van der Waals surface area contributed by atoms with E-state index in [2.05, 4.69) is 90.6 Å². The smallest absolute Gasteiger partial charge is 0.132 e. The minimum atomic E-state index is -0.0730. The lowest BCUT2D eigenvalue weighted by atomic mass is 9.87. The predicted molar refractivity (Wildman–Crippen MR) is 176 cm³/mol. The van der Waals surface area contributed by atoms with Gasteiger partial charge in [-0.05, 0) is 48.6 Å². The van der Waals surface area contributed by atoms with Crippen LogP contribution < -0.4 is 18.9 Å². The number of aryl methyl sites for hydroxylation is 3. The molecular weight excluding hydrogens is 548 g/mol. The molecule has 0 unspecified atom stereocenters. The van der Waals surface area contributed by atoms with E-state index in [1.54, 1.807) is 28.4 Å². The lowest BCUT2D eigenvalue weighted by Crippen LogP contribution is -2.15. The van der Waals surface area contributed by atoms with Crippen molar-refractivity contribution in [1.82, 2.24) is 9.13 Å². The molecule has 4 aromatic carbocycles. The van der Waals surface area contributed by atoms with Crippen LogP contribution in [0.2, 0.25) is 0 Å². The van der Waals surface area contributed by atoms with Crippen LogP contribution in [-0.2, 0) is 13.1 Å². The average Bonchev–Trinajstić information content (AvgIpc) is 3.49. The van der Waals surface area contributed by atoms with Crippen LogP contribution in [0.1, 0.15) is 50.7 Å². The average molecular weight is 587 g/mol. The van der Waals surface area contributed by atoms with Gasteiger partial charge in [0.15, 0.2) is 0 Å². The highest BCUT2D eigenvalue weighted by Crippen LogP contribution is 2.48. The summed E-state index contributed by atoms with van der Waals surface area (Å²) in [5, 5.41) is 2.22. The molecule has 0 N–H and O–H groups in total. The zero-order valence-corrected chi connectivity index (χ0v) is 26.4. The van der Waals surface area contributed by atoms with Gasteiger partial charge in [0.2, 0.25) is 0 Å². The maximum absolute atomic E-state index is 6.01. The minimum absolute atomic E-state index is 0.0730. The van der Waals surface area contributed by atoms with Crippen LogP contribution in [0.25, 0.3) is 21.8 Å². The van der Waals surface area contributed by atoms with E-state index >= 15 is 0 Å². The predicted octanol–water partition coefficient (Wildman–Crippen LogP) is 8.15. The molecule has 0 atom stereocenters. The lowest BCUT2D eigenvalue weighted by Gasteiger charge is -2.24. The third kappa shape index (κ3) is 4.15. The fourth-order valence-corrected chi connectivity index (χ4v) is 7.31. The van der Waals surface area contributed by atoms with Crippen LogP contribution in [0.5, 0.6) is 23.0 Å². The van der Waals surface area contributed by atoms with E-state index in [0.29, 0.717) is 0 Å². The molecule has 0 saturated heterocycles. The monoisotopic (exact) mass is 586 g/mol. The molecule has 3 heterocycles. The summed E-state index contributed by atoms with van der Waals surface area (Å²) >= 11 is 0. The Hall–Kier alpha value is -4.84. The molecular formula is C38H38N2O4. The van der Waals surface area contributed by atoms with Crippen molar-refractivity contribution < 1.29 is 18.9 Å². The molecule has 0 spiro atoms. The molecule has 0 aliphatic carbocycles. The largest absolute Gasteiger partial charge is 0.497 e. The molecule has 6 heteroatoms. The third-order valence-electron chi connectivity index (χ3n) is 9.44. The first kappa shape index (κ1) is 28.0. The molecule has 6 nitrogen and oxygen atoms in total. The Morgan fingerprint density at radius 2 is 1.02 bits per heavy atom. The first-order valence-corrected chi connectivity index (χ1v) is 15.0. The van der Waals surface area contributed by atoms with Crippen molar-refractivity contribution in [3.8, 4) is 23.0 Å². The number of nitrogens with zero attached hydrogens (tertiary/aromatic N) is 2. The van der Waals surface area contributed by atoms with Gasteiger partial charge in [-0.2, -0.15) is 0 Å². The molecule has 6 aromatic rings. The topological polar surface area (TPSA) is 46.8 Å². The van der Waals surface area contributed by atoms with E-state index < -0.39 is 0 Å². The van der Waals surface area contributed by atoms with Gasteiger partial charge in [-0.25, -0.2) is 0 Å². The zero-order valence-electron chi connectivity index (χ0n) is 26.4. The van der Waals surface area contributed by atoms with Crippen LogP contribution >= 0.6 is 0 Å². The molecule has 1 aliphatic heterocycles. The molecule has 7 rings (SSSR count). The van der Waals surface area contributed by atoms with E-state index in [9.17, 15) is 0 Å². The van der Waals surface area contributed by atoms with E-state index in [1.807, 2.05) is 12.1 Å². The molecule has 44 heavy (non-hydrogen) atoms. The van der Waals surface area contributed by atoms with E-state index in [1.165, 1.54) is 44.8 Å². The summed E-state index contributed by atoms with van der Waals surface area (Å²) in [6.07, 6.45) is 0. The number of methoxy groups -OCH3 is 4. The number of hydrogen-bond acceptors (Lipinski definition) is 4. The standard InChI is InChI=1S/C38H38N2O4/c1-22-12-14-25(15-13-22)36-37-23(2)34-30(16-28(41-4)18-32(34)43-6)39(37)20-26-10-8-9-11-27(26)21-40-31-17-29(42-5)19-33(44-7)35(31)24(3)38(36)40/h8-19,36H,20-21H2,1-7H3. The second kappa shape index (κ2) is 10.7. The molecule has 0 fully saturated rings. The van der Waals surface area contributed by atoms with Crippen molar-refractivity contribution in [2.45, 2.75) is 39.8 Å². The molecule has 224 valence electrons. The molecule has 2 aromatic heterocycles. The van der Waals surface area contributed by atoms with Gasteiger partial charge in [0.1, 0.15) is 23.0 Å². The SMILES string of the molecule is COc1cc(OC)c2c(C)c3n(c2c1)Cc1ccccc1Cn1c(c(C)c2c(OC)cc(OC)cc21)C3c1ccc(C)cc1. The summed E-state index contributed by atoms with van der Waals surface area (Å²) in [5.74, 6) is 3.10. The Kier molecular flexibility index (Phi) is 6.80. The fraction of sp³-hybridized carbons (Fsp3) is 0.263. The summed E-state index contributed by atoms with van der Waals surface area (Å²) < 4.78 is 28.6. The summed E-state index contributed by atoms with van der Waals surface area (Å²) in [6, 6.07) is 26.1. The van der Waals surface area contributed by atoms with Gasteiger partial charge in [-0.15, -0.1) is 0 Å². The molecule has 0 saturated carbocycles. The second-order valence-electron chi connectivity index (χ2n) is 11.8. The van der Waals surface area contributed by atoms with Gasteiger partial charge < -0.3 is 28.1 Å². The first-order chi connectivity index (χ1) is 21.4. The van der Waals surface area contributed by atoms with Crippen molar-refractivity contribution in [2.24, 2.45) is 0 Å². The van der Waals surface area contributed by atoms with Crippen molar-refractivity contribution in [2.75, 3.05) is 28.4 Å². The van der Waals surface area contributed by atoms with Crippen LogP contribution in [0.15, 0.2) is 72.8 Å². The fourth-order valence-electron chi connectivity index (χ4n) is 7.31. The second-order valence-corrected chi connectivity index (χ2v) is 11.8. The quantitative estimate of drug-likeness (QED) is 0.204. The van der Waals surface area contributed by atoms with Crippen molar-refractivity contribution in [3.63, 3.8) is 0 Å². The normalized spacial score (nSPS) is 13.1. The van der Waals surface area contributed by atoms with Gasteiger partial charge in [0.05, 0.1) is 45.4 Å². The van der Waals surface area contributed by atoms with Gasteiger partial charge in [-0.3, -0.25) is 0 Å². The van der Waals surface area contributed by atoms with E-state index in [4.69, 9.17) is 18.9 Å². The Labute approximate surface area is 258 Å². The summed E-state index contributed by atoms with van der Waals surface area (Å²) in [7, 11) is 6.90. The summed E-state index contributed by atoms with van der Waals surface area (Å²) in [4.78, 5) is 0. The third-order valence-corrected chi connectivity index (χ3v) is 9.44. The van der Waals surface area contributed by atoms with Crippen LogP contribution in [0.3, 0.4) is 0 Å². The number of hydrogen-bond donors (Lipinski definition) is 0. The molecule has 1 aliphatic rings. The number of aromatic nitrogens is 2. The van der Waals surface area contributed by atoms with Crippen molar-refractivity contribution in [3.05, 3.63) is 118 Å². The minimum Gasteiger partial charge on any atom is -0.497 e. The van der Waals surface area contributed by atoms with Crippen molar-refractivity contribution in [1.29, 1.82) is 0 Å². The Bertz CT molecular complexity index is 1920.